The molecule has 3 bridgehead atoms. The summed E-state index contributed by atoms with van der Waals surface area (Å²) in [4.78, 5) is 31.3. The molecule has 7 aliphatic carbocycles. The van der Waals surface area contributed by atoms with Crippen LogP contribution in [0.25, 0.3) is 0 Å². The van der Waals surface area contributed by atoms with Crippen LogP contribution in [0.15, 0.2) is 53.6 Å². The molecule has 9 heteroatoms. The van der Waals surface area contributed by atoms with Crippen LogP contribution in [0.2, 0.25) is 0 Å². The quantitative estimate of drug-likeness (QED) is 0.0863. The van der Waals surface area contributed by atoms with Crippen molar-refractivity contribution in [1.82, 2.24) is 10.6 Å². The molecule has 2 saturated heterocycles. The number of aromatic hydroxyl groups is 1. The van der Waals surface area contributed by atoms with Gasteiger partial charge in [-0.3, -0.25) is 9.59 Å². The van der Waals surface area contributed by atoms with Crippen molar-refractivity contribution in [1.29, 1.82) is 0 Å². The van der Waals surface area contributed by atoms with Gasteiger partial charge in [0.1, 0.15) is 17.6 Å². The van der Waals surface area contributed by atoms with E-state index in [-0.39, 0.29) is 70.2 Å². The first-order chi connectivity index (χ1) is 32.4. The number of Topliss-reactive ketones (excluding diaryl/α,β-unsaturated/α-hetero) is 2. The van der Waals surface area contributed by atoms with Crippen molar-refractivity contribution in [2.75, 3.05) is 19.3 Å². The Kier molecular flexibility index (Phi) is 11.4. The van der Waals surface area contributed by atoms with Crippen LogP contribution >= 0.6 is 0 Å². The number of ether oxygens (including phenoxy) is 1. The summed E-state index contributed by atoms with van der Waals surface area (Å²) in [6.45, 7) is 12.5. The van der Waals surface area contributed by atoms with Crippen molar-refractivity contribution in [3.8, 4) is 17.6 Å². The van der Waals surface area contributed by atoms with E-state index in [0.29, 0.717) is 56.3 Å². The van der Waals surface area contributed by atoms with E-state index in [1.807, 2.05) is 32.2 Å². The predicted octanol–water partition coefficient (Wildman–Crippen LogP) is 9.28. The Morgan fingerprint density at radius 2 is 1.76 bits per heavy atom. The zero-order chi connectivity index (χ0) is 47.8. The van der Waals surface area contributed by atoms with Crippen LogP contribution < -0.4 is 16.4 Å². The van der Waals surface area contributed by atoms with Gasteiger partial charge in [-0.25, -0.2) is 0 Å². The van der Waals surface area contributed by atoms with Crippen molar-refractivity contribution in [3.63, 3.8) is 0 Å². The highest BCUT2D eigenvalue weighted by Gasteiger charge is 2.76. The second kappa shape index (κ2) is 16.5. The SMILES string of the molecule is CNCc1cc(O)cc([C@@H]2C[C@@]3(C)[C@H]4CCC5=C6C(=O)[C@@H]7C[C@H](C#CCC[C@@H]6C[C@@H](O)[C@H]6O[C@]6(C)[C@@H]6CCC[C@H]6c6cccc(N)c6)C[C@@]4(C[C@@H]4NC[C@@](C)(O)CCCC[C@@](C)(C2=O)[C@H]43)[C@]57C)c1. The van der Waals surface area contributed by atoms with Gasteiger partial charge in [0.25, 0.3) is 0 Å². The minimum absolute atomic E-state index is 0.0260. The maximum Gasteiger partial charge on any atom is 0.163 e. The Bertz CT molecular complexity index is 2470. The molecule has 9 aliphatic rings. The van der Waals surface area contributed by atoms with Gasteiger partial charge >= 0.3 is 0 Å². The topological polar surface area (TPSA) is 157 Å². The molecule has 2 aromatic rings. The number of phenolic OH excluding ortho intramolecular Hbond substituents is 1. The van der Waals surface area contributed by atoms with Gasteiger partial charge in [0.15, 0.2) is 5.78 Å². The number of allylic oxidation sites excluding steroid dienone is 2. The number of nitrogens with one attached hydrogen (secondary N) is 2. The molecular formula is C59H79N3O6. The average Bonchev–Trinajstić information content (AvgIpc) is 3.62. The number of β-amino-alcohol motifs (C(OH)–C–C–N with tert-alkyl or cyclic N) is 1. The number of ketones is 2. The van der Waals surface area contributed by atoms with Gasteiger partial charge in [0, 0.05) is 59.8 Å². The second-order valence-corrected chi connectivity index (χ2v) is 25.2. The number of nitrogen functional groups attached to an aromatic ring is 1. The summed E-state index contributed by atoms with van der Waals surface area (Å²) in [5, 5.41) is 42.7. The lowest BCUT2D eigenvalue weighted by molar-refractivity contribution is -0.223. The van der Waals surface area contributed by atoms with Crippen LogP contribution in [-0.2, 0) is 20.9 Å². The molecule has 2 aliphatic heterocycles. The van der Waals surface area contributed by atoms with Gasteiger partial charge in [0.2, 0.25) is 0 Å². The molecule has 7 N–H and O–H groups in total. The number of hydrogen-bond acceptors (Lipinski definition) is 9. The highest BCUT2D eigenvalue weighted by molar-refractivity contribution is 6.03. The van der Waals surface area contributed by atoms with E-state index in [2.05, 4.69) is 68.4 Å². The molecule has 2 heterocycles. The minimum Gasteiger partial charge on any atom is -0.508 e. The molecule has 5 saturated carbocycles. The normalized spacial score (nSPS) is 45.5. The van der Waals surface area contributed by atoms with Crippen LogP contribution in [0.4, 0.5) is 5.69 Å². The lowest BCUT2D eigenvalue weighted by Gasteiger charge is -2.73. The molecule has 0 unspecified atom stereocenters. The molecule has 2 aromatic carbocycles. The van der Waals surface area contributed by atoms with Gasteiger partial charge in [-0.05, 0) is 185 Å². The van der Waals surface area contributed by atoms with Crippen molar-refractivity contribution in [2.45, 2.75) is 185 Å². The van der Waals surface area contributed by atoms with E-state index in [0.717, 1.165) is 99.4 Å². The third kappa shape index (κ3) is 7.02. The fourth-order valence-electron chi connectivity index (χ4n) is 18.7. The van der Waals surface area contributed by atoms with E-state index in [1.54, 1.807) is 6.07 Å². The number of phenols is 1. The number of nitrogens with two attached hydrogens (primary N) is 1. The molecular weight excluding hydrogens is 847 g/mol. The van der Waals surface area contributed by atoms with Crippen LogP contribution in [0, 0.1) is 69.0 Å². The van der Waals surface area contributed by atoms with E-state index in [4.69, 9.17) is 10.5 Å². The number of epoxide rings is 1. The zero-order valence-electron chi connectivity index (χ0n) is 41.8. The molecule has 366 valence electrons. The molecule has 0 radical (unpaired) electrons. The Morgan fingerprint density at radius 1 is 0.956 bits per heavy atom. The van der Waals surface area contributed by atoms with Gasteiger partial charge in [-0.15, -0.1) is 5.92 Å². The third-order valence-corrected chi connectivity index (χ3v) is 21.3. The number of anilines is 1. The van der Waals surface area contributed by atoms with E-state index >= 15 is 9.59 Å². The summed E-state index contributed by atoms with van der Waals surface area (Å²) in [6.07, 6.45) is 12.4. The first kappa shape index (κ1) is 46.8. The number of carbonyl (C=O) groups excluding carboxylic acids is 2. The Morgan fingerprint density at radius 3 is 2.56 bits per heavy atom. The van der Waals surface area contributed by atoms with Gasteiger partial charge in [-0.1, -0.05) is 69.7 Å². The van der Waals surface area contributed by atoms with Crippen molar-refractivity contribution < 1.29 is 29.6 Å². The summed E-state index contributed by atoms with van der Waals surface area (Å²) in [7, 11) is 1.91. The second-order valence-electron chi connectivity index (χ2n) is 25.2. The number of benzene rings is 2. The lowest BCUT2D eigenvalue weighted by atomic mass is 9.30. The average molecular weight is 926 g/mol. The van der Waals surface area contributed by atoms with Crippen molar-refractivity contribution in [3.05, 3.63) is 70.3 Å². The minimum atomic E-state index is -0.880. The van der Waals surface area contributed by atoms with E-state index < -0.39 is 28.1 Å². The summed E-state index contributed by atoms with van der Waals surface area (Å²) >= 11 is 0. The number of aliphatic hydroxyl groups is 2. The molecule has 7 fully saturated rings. The molecule has 17 atom stereocenters. The highest BCUT2D eigenvalue weighted by atomic mass is 16.6. The third-order valence-electron chi connectivity index (χ3n) is 21.3. The maximum absolute atomic E-state index is 15.7. The number of carbonyl (C=O) groups is 2. The Balaban J connectivity index is 0.989. The highest BCUT2D eigenvalue weighted by Crippen LogP contribution is 2.79. The number of fused-ring (bicyclic) bond motifs is 3. The van der Waals surface area contributed by atoms with Crippen LogP contribution in [0.3, 0.4) is 0 Å². The summed E-state index contributed by atoms with van der Waals surface area (Å²) in [5.74, 6) is 8.57. The number of rotatable bonds is 8. The van der Waals surface area contributed by atoms with Crippen molar-refractivity contribution >= 4 is 17.3 Å². The Hall–Kier alpha value is -3.52. The monoisotopic (exact) mass is 926 g/mol. The molecule has 1 spiro atoms. The van der Waals surface area contributed by atoms with Crippen molar-refractivity contribution in [2.24, 2.45) is 57.2 Å². The largest absolute Gasteiger partial charge is 0.508 e. The lowest BCUT2D eigenvalue weighted by Crippen LogP contribution is -2.72. The summed E-state index contributed by atoms with van der Waals surface area (Å²) in [5.41, 5.74) is 9.59. The number of hydrogen-bond donors (Lipinski definition) is 6. The molecule has 68 heavy (non-hydrogen) atoms. The van der Waals surface area contributed by atoms with Gasteiger partial charge in [0.05, 0.1) is 17.3 Å². The molecule has 0 aromatic heterocycles. The van der Waals surface area contributed by atoms with E-state index in [1.165, 1.54) is 11.1 Å². The zero-order valence-corrected chi connectivity index (χ0v) is 41.8. The van der Waals surface area contributed by atoms with Crippen LogP contribution in [0.5, 0.6) is 5.75 Å². The summed E-state index contributed by atoms with van der Waals surface area (Å²) < 4.78 is 6.66. The molecule has 11 rings (SSSR count). The van der Waals surface area contributed by atoms with Gasteiger partial charge < -0.3 is 36.4 Å². The summed E-state index contributed by atoms with van der Waals surface area (Å²) in [6, 6.07) is 14.0. The first-order valence-electron chi connectivity index (χ1n) is 26.8. The standard InChI is InChI=1S/C59H79N3O6/c1-54(67)21-9-10-22-55(2)51-46(62-33-54)31-59-29-34-13-7-8-14-37(28-47(64)53-58(5,68-53)43-18-12-17-41(43)36-15-11-16-39(60)26-36)49-44(57(59,4)45(25-34)50(49)65)19-20-48(59)56(51,3)30-42(52(55)66)38-23-35(32-61-6)24-40(63)27-38/h11,15-16,23-24,26-27,34,37,41-43,45-48,51,53,61-64,67H,8-10,12,14,17-22,25,28-33,60H2,1-6H3/t34-,37+,41-,42-,43+,45-,46-,47+,48+,51-,53+,54-,55+,56-,57+,58+,59-/m0/s1. The number of aliphatic hydroxyl groups excluding tert-OH is 1. The van der Waals surface area contributed by atoms with Crippen LogP contribution in [-0.4, -0.2) is 69.9 Å². The fourth-order valence-corrected chi connectivity index (χ4v) is 18.7. The fraction of sp³-hybridized carbons (Fsp3) is 0.695. The van der Waals surface area contributed by atoms with E-state index in [9.17, 15) is 15.3 Å². The Labute approximate surface area is 405 Å². The maximum atomic E-state index is 15.7. The smallest absolute Gasteiger partial charge is 0.163 e. The van der Waals surface area contributed by atoms with Crippen LogP contribution in [0.1, 0.15) is 166 Å². The molecule has 0 amide bonds. The molecule has 9 nitrogen and oxygen atoms in total. The first-order valence-corrected chi connectivity index (χ1v) is 26.8. The predicted molar refractivity (Wildman–Crippen MR) is 265 cm³/mol. The van der Waals surface area contributed by atoms with Gasteiger partial charge in [-0.2, -0.15) is 0 Å².